The number of ether oxygens (including phenoxy) is 1. The average molecular weight is 538 g/mol. The van der Waals surface area contributed by atoms with E-state index in [-0.39, 0.29) is 37.7 Å². The molecule has 5 atom stereocenters. The Hall–Kier alpha value is -3.18. The summed E-state index contributed by atoms with van der Waals surface area (Å²) in [7, 11) is 0. The molecular weight excluding hydrogens is 506 g/mol. The van der Waals surface area contributed by atoms with Crippen molar-refractivity contribution in [1.29, 1.82) is 0 Å². The third-order valence-corrected chi connectivity index (χ3v) is 9.93. The standard InChI is InChI=1S/C27H31N5O5S/c1-26-11-4-7-16-37-25(36)21(26)20-23(34)31(14-5-6-15-33)22-24(35)30(13-8-12-27(20,22)38-26)17-32-19-10-3-2-9-18(19)28-29-32/h2-4,8-12,20-22,33H,5-7,13-17H2,1H3/t20-,21+,22?,26-,27-/m0/s1. The molecule has 2 fully saturated rings. The quantitative estimate of drug-likeness (QED) is 0.337. The van der Waals surface area contributed by atoms with Crippen LogP contribution in [0, 0.1) is 11.8 Å². The van der Waals surface area contributed by atoms with Crippen molar-refractivity contribution in [1.82, 2.24) is 24.8 Å². The summed E-state index contributed by atoms with van der Waals surface area (Å²) < 4.78 is 5.67. The first-order valence-electron chi connectivity index (χ1n) is 13.1. The Morgan fingerprint density at radius 2 is 1.95 bits per heavy atom. The number of cyclic esters (lactones) is 1. The van der Waals surface area contributed by atoms with Gasteiger partial charge >= 0.3 is 5.97 Å². The lowest BCUT2D eigenvalue weighted by molar-refractivity contribution is -0.154. The summed E-state index contributed by atoms with van der Waals surface area (Å²) >= 11 is 1.53. The van der Waals surface area contributed by atoms with E-state index in [9.17, 15) is 19.5 Å². The molecule has 2 saturated heterocycles. The molecule has 1 N–H and O–H groups in total. The Bertz CT molecular complexity index is 1340. The van der Waals surface area contributed by atoms with Crippen molar-refractivity contribution < 1.29 is 24.2 Å². The molecule has 5 heterocycles. The second-order valence-electron chi connectivity index (χ2n) is 10.5. The van der Waals surface area contributed by atoms with Crippen LogP contribution in [0.4, 0.5) is 0 Å². The zero-order valence-corrected chi connectivity index (χ0v) is 22.0. The first kappa shape index (κ1) is 25.1. The van der Waals surface area contributed by atoms with E-state index >= 15 is 0 Å². The van der Waals surface area contributed by atoms with Gasteiger partial charge in [0.2, 0.25) is 11.8 Å². The van der Waals surface area contributed by atoms with Gasteiger partial charge in [0.15, 0.2) is 0 Å². The normalized spacial score (nSPS) is 32.6. The van der Waals surface area contributed by atoms with E-state index in [0.29, 0.717) is 32.4 Å². The monoisotopic (exact) mass is 537 g/mol. The minimum Gasteiger partial charge on any atom is -0.465 e. The molecule has 1 unspecified atom stereocenters. The van der Waals surface area contributed by atoms with E-state index < -0.39 is 27.4 Å². The van der Waals surface area contributed by atoms with Crippen LogP contribution in [0.2, 0.25) is 0 Å². The van der Waals surface area contributed by atoms with Gasteiger partial charge < -0.3 is 19.6 Å². The molecule has 200 valence electrons. The first-order valence-corrected chi connectivity index (χ1v) is 13.9. The number of unbranched alkanes of at least 4 members (excludes halogenated alkanes) is 1. The molecule has 2 aromatic rings. The maximum absolute atomic E-state index is 14.4. The molecule has 1 spiro atoms. The maximum Gasteiger partial charge on any atom is 0.311 e. The van der Waals surface area contributed by atoms with Gasteiger partial charge in [-0.25, -0.2) is 4.68 Å². The number of hydrogen-bond donors (Lipinski definition) is 1. The molecule has 0 aliphatic carbocycles. The van der Waals surface area contributed by atoms with Crippen LogP contribution < -0.4 is 0 Å². The van der Waals surface area contributed by atoms with Crippen LogP contribution in [0.25, 0.3) is 11.0 Å². The van der Waals surface area contributed by atoms with Gasteiger partial charge in [0.1, 0.15) is 18.2 Å². The summed E-state index contributed by atoms with van der Waals surface area (Å²) in [5.41, 5.74) is 1.56. The van der Waals surface area contributed by atoms with E-state index in [0.717, 1.165) is 11.0 Å². The zero-order valence-electron chi connectivity index (χ0n) is 21.2. The summed E-state index contributed by atoms with van der Waals surface area (Å²) in [5, 5.41) is 17.9. The largest absolute Gasteiger partial charge is 0.465 e. The van der Waals surface area contributed by atoms with Crippen LogP contribution in [0.5, 0.6) is 0 Å². The molecule has 11 heteroatoms. The molecule has 38 heavy (non-hydrogen) atoms. The van der Waals surface area contributed by atoms with Gasteiger partial charge in [-0.1, -0.05) is 41.7 Å². The molecule has 0 bridgehead atoms. The Balaban J connectivity index is 1.41. The van der Waals surface area contributed by atoms with Crippen LogP contribution in [-0.4, -0.2) is 89.5 Å². The number of nitrogens with zero attached hydrogens (tertiary/aromatic N) is 5. The number of para-hydroxylation sites is 1. The molecule has 10 nitrogen and oxygen atoms in total. The number of fused-ring (bicyclic) bond motifs is 3. The van der Waals surface area contributed by atoms with Gasteiger partial charge in [0.25, 0.3) is 0 Å². The molecule has 1 aromatic carbocycles. The number of aliphatic hydroxyl groups is 1. The van der Waals surface area contributed by atoms with Crippen molar-refractivity contribution in [2.24, 2.45) is 11.8 Å². The smallest absolute Gasteiger partial charge is 0.311 e. The highest BCUT2D eigenvalue weighted by Gasteiger charge is 2.73. The minimum atomic E-state index is -0.917. The third kappa shape index (κ3) is 3.78. The minimum absolute atomic E-state index is 0.00713. The SMILES string of the molecule is C[C@]12C=CCCOC(=O)[C@H]1[C@H]1C(=O)N(CCCCO)C3C(=O)N(Cn4nnc5ccccc54)CC=C[C@@]31S2. The highest BCUT2D eigenvalue weighted by molar-refractivity contribution is 8.02. The van der Waals surface area contributed by atoms with E-state index in [2.05, 4.69) is 10.3 Å². The molecule has 0 radical (unpaired) electrons. The Kier molecular flexibility index (Phi) is 6.30. The number of carbonyl (C=O) groups excluding carboxylic acids is 3. The lowest BCUT2D eigenvalue weighted by Crippen LogP contribution is -2.53. The average Bonchev–Trinajstić information content (AvgIpc) is 3.45. The molecule has 1 aromatic heterocycles. The van der Waals surface area contributed by atoms with E-state index in [4.69, 9.17) is 4.74 Å². The van der Waals surface area contributed by atoms with Gasteiger partial charge in [0.05, 0.1) is 28.7 Å². The van der Waals surface area contributed by atoms with Gasteiger partial charge in [-0.05, 0) is 38.3 Å². The number of amides is 2. The van der Waals surface area contributed by atoms with E-state index in [1.54, 1.807) is 14.5 Å². The van der Waals surface area contributed by atoms with Gasteiger partial charge in [-0.2, -0.15) is 0 Å². The number of carbonyl (C=O) groups is 3. The highest BCUT2D eigenvalue weighted by atomic mass is 32.2. The summed E-state index contributed by atoms with van der Waals surface area (Å²) in [4.78, 5) is 45.2. The van der Waals surface area contributed by atoms with Crippen LogP contribution in [-0.2, 0) is 25.8 Å². The van der Waals surface area contributed by atoms with Crippen molar-refractivity contribution in [3.63, 3.8) is 0 Å². The van der Waals surface area contributed by atoms with Crippen molar-refractivity contribution >= 4 is 40.6 Å². The van der Waals surface area contributed by atoms with Crippen LogP contribution in [0.15, 0.2) is 48.6 Å². The highest BCUT2D eigenvalue weighted by Crippen LogP contribution is 2.65. The number of hydrogen-bond acceptors (Lipinski definition) is 8. The number of rotatable bonds is 6. The molecule has 6 rings (SSSR count). The third-order valence-electron chi connectivity index (χ3n) is 8.14. The van der Waals surface area contributed by atoms with Gasteiger partial charge in [-0.15, -0.1) is 16.9 Å². The topological polar surface area (TPSA) is 118 Å². The summed E-state index contributed by atoms with van der Waals surface area (Å²) in [6.45, 7) is 3.12. The fraction of sp³-hybridized carbons (Fsp3) is 0.519. The molecule has 2 amide bonds. The van der Waals surface area contributed by atoms with Crippen LogP contribution in [0.3, 0.4) is 0 Å². The Morgan fingerprint density at radius 1 is 1.11 bits per heavy atom. The first-order chi connectivity index (χ1) is 18.4. The van der Waals surface area contributed by atoms with Crippen LogP contribution in [0.1, 0.15) is 26.2 Å². The fourth-order valence-corrected chi connectivity index (χ4v) is 8.63. The van der Waals surface area contributed by atoms with Crippen molar-refractivity contribution in [3.05, 3.63) is 48.6 Å². The Labute approximate surface area is 224 Å². The number of likely N-dealkylation sites (tertiary alicyclic amines) is 1. The van der Waals surface area contributed by atoms with Crippen LogP contribution >= 0.6 is 11.8 Å². The number of thioether (sulfide) groups is 1. The second kappa shape index (κ2) is 9.53. The predicted octanol–water partition coefficient (Wildman–Crippen LogP) is 1.75. The lowest BCUT2D eigenvalue weighted by Gasteiger charge is -2.37. The fourth-order valence-electron chi connectivity index (χ4n) is 6.48. The second-order valence-corrected chi connectivity index (χ2v) is 12.3. The summed E-state index contributed by atoms with van der Waals surface area (Å²) in [5.74, 6) is -2.20. The van der Waals surface area contributed by atoms with Crippen molar-refractivity contribution in [2.45, 2.75) is 48.4 Å². The number of aromatic nitrogens is 3. The Morgan fingerprint density at radius 3 is 2.79 bits per heavy atom. The van der Waals surface area contributed by atoms with E-state index in [1.165, 1.54) is 11.8 Å². The number of benzene rings is 1. The molecule has 0 saturated carbocycles. The van der Waals surface area contributed by atoms with Crippen molar-refractivity contribution in [2.75, 3.05) is 26.3 Å². The lowest BCUT2D eigenvalue weighted by atomic mass is 9.74. The number of aliphatic hydroxyl groups excluding tert-OH is 1. The summed E-state index contributed by atoms with van der Waals surface area (Å²) in [6, 6.07) is 6.79. The van der Waals surface area contributed by atoms with Gasteiger partial charge in [-0.3, -0.25) is 14.4 Å². The summed E-state index contributed by atoms with van der Waals surface area (Å²) in [6.07, 6.45) is 9.66. The van der Waals surface area contributed by atoms with Gasteiger partial charge in [0, 0.05) is 24.4 Å². The molecule has 4 aliphatic rings. The van der Waals surface area contributed by atoms with E-state index in [1.807, 2.05) is 55.5 Å². The van der Waals surface area contributed by atoms with Crippen molar-refractivity contribution in [3.8, 4) is 0 Å². The molecular formula is C27H31N5O5S. The zero-order chi connectivity index (χ0) is 26.5. The maximum atomic E-state index is 14.4. The number of esters is 1. The predicted molar refractivity (Wildman–Crippen MR) is 141 cm³/mol. The molecule has 4 aliphatic heterocycles.